The molecule has 0 N–H and O–H groups in total. The fraction of sp³-hybridized carbons (Fsp3) is 0.333. The summed E-state index contributed by atoms with van der Waals surface area (Å²) < 4.78 is 48.8. The van der Waals surface area contributed by atoms with Gasteiger partial charge in [-0.3, -0.25) is 0 Å². The van der Waals surface area contributed by atoms with Crippen LogP contribution in [-0.2, 0) is 10.9 Å². The summed E-state index contributed by atoms with van der Waals surface area (Å²) in [4.78, 5) is 19.0. The van der Waals surface area contributed by atoms with Crippen molar-refractivity contribution in [2.24, 2.45) is 0 Å². The van der Waals surface area contributed by atoms with Crippen molar-refractivity contribution < 1.29 is 27.4 Å². The summed E-state index contributed by atoms with van der Waals surface area (Å²) in [6, 6.07) is 1.61. The Labute approximate surface area is 122 Å². The fourth-order valence-electron chi connectivity index (χ4n) is 1.59. The molecule has 0 radical (unpaired) electrons. The highest BCUT2D eigenvalue weighted by atomic mass is 19.4. The van der Waals surface area contributed by atoms with Crippen molar-refractivity contribution in [3.05, 3.63) is 29.7 Å². The van der Waals surface area contributed by atoms with E-state index in [1.807, 2.05) is 0 Å². The predicted molar refractivity (Wildman–Crippen MR) is 66.7 cm³/mol. The Morgan fingerprint density at radius 1 is 1.36 bits per heavy atom. The van der Waals surface area contributed by atoms with Gasteiger partial charge in [-0.25, -0.2) is 9.78 Å². The molecule has 0 aromatic carbocycles. The van der Waals surface area contributed by atoms with Crippen molar-refractivity contribution in [3.63, 3.8) is 0 Å². The number of aromatic nitrogens is 4. The molecule has 0 aliphatic heterocycles. The summed E-state index contributed by atoms with van der Waals surface area (Å²) in [5.74, 6) is -1.16. The van der Waals surface area contributed by atoms with Gasteiger partial charge in [-0.15, -0.1) is 5.10 Å². The van der Waals surface area contributed by atoms with Crippen LogP contribution in [0.15, 0.2) is 18.5 Å². The zero-order valence-corrected chi connectivity index (χ0v) is 11.6. The van der Waals surface area contributed by atoms with Gasteiger partial charge in [0.25, 0.3) is 0 Å². The van der Waals surface area contributed by atoms with Gasteiger partial charge in [0.05, 0.1) is 13.7 Å². The number of nitrogens with zero attached hydrogens (tertiary/aromatic N) is 4. The van der Waals surface area contributed by atoms with E-state index in [2.05, 4.69) is 15.1 Å². The van der Waals surface area contributed by atoms with Gasteiger partial charge in [-0.2, -0.15) is 22.8 Å². The molecule has 7 nitrogen and oxygen atoms in total. The first-order valence-corrected chi connectivity index (χ1v) is 6.08. The van der Waals surface area contributed by atoms with Crippen LogP contribution in [-0.4, -0.2) is 39.4 Å². The third kappa shape index (κ3) is 3.15. The van der Waals surface area contributed by atoms with Crippen molar-refractivity contribution >= 4 is 5.97 Å². The van der Waals surface area contributed by atoms with Crippen molar-refractivity contribution in [2.75, 3.05) is 13.7 Å². The maximum absolute atomic E-state index is 12.8. The van der Waals surface area contributed by atoms with Gasteiger partial charge in [-0.05, 0) is 19.1 Å². The Morgan fingerprint density at radius 3 is 2.64 bits per heavy atom. The van der Waals surface area contributed by atoms with Crippen molar-refractivity contribution in [2.45, 2.75) is 13.1 Å². The number of alkyl halides is 3. The van der Waals surface area contributed by atoms with E-state index in [1.165, 1.54) is 7.11 Å². The van der Waals surface area contributed by atoms with E-state index in [0.717, 1.165) is 17.1 Å². The SMILES string of the molecule is CCOC(=O)c1ccc(C(F)(F)F)nc1-n1cnc(OC)n1. The van der Waals surface area contributed by atoms with Crippen LogP contribution in [0.1, 0.15) is 23.0 Å². The van der Waals surface area contributed by atoms with Crippen LogP contribution in [0.5, 0.6) is 6.01 Å². The molecule has 0 bridgehead atoms. The molecule has 10 heteroatoms. The monoisotopic (exact) mass is 316 g/mol. The van der Waals surface area contributed by atoms with Gasteiger partial charge in [0.1, 0.15) is 17.6 Å². The summed E-state index contributed by atoms with van der Waals surface area (Å²) in [5, 5.41) is 3.77. The van der Waals surface area contributed by atoms with Gasteiger partial charge in [-0.1, -0.05) is 0 Å². The van der Waals surface area contributed by atoms with E-state index in [0.29, 0.717) is 6.07 Å². The summed E-state index contributed by atoms with van der Waals surface area (Å²) in [6.07, 6.45) is -3.57. The van der Waals surface area contributed by atoms with E-state index in [9.17, 15) is 18.0 Å². The highest BCUT2D eigenvalue weighted by Gasteiger charge is 2.34. The van der Waals surface area contributed by atoms with Gasteiger partial charge in [0.2, 0.25) is 0 Å². The second-order valence-corrected chi connectivity index (χ2v) is 3.96. The third-order valence-corrected chi connectivity index (χ3v) is 2.53. The molecule has 0 aliphatic carbocycles. The van der Waals surface area contributed by atoms with Crippen LogP contribution < -0.4 is 4.74 Å². The van der Waals surface area contributed by atoms with Crippen LogP contribution in [0, 0.1) is 0 Å². The van der Waals surface area contributed by atoms with Crippen LogP contribution >= 0.6 is 0 Å². The van der Waals surface area contributed by atoms with E-state index in [1.54, 1.807) is 6.92 Å². The molecular formula is C12H11F3N4O3. The largest absolute Gasteiger partial charge is 0.466 e. The Balaban J connectivity index is 2.57. The molecule has 0 unspecified atom stereocenters. The number of halogens is 3. The minimum Gasteiger partial charge on any atom is -0.466 e. The lowest BCUT2D eigenvalue weighted by Crippen LogP contribution is -2.16. The first-order chi connectivity index (χ1) is 10.4. The number of esters is 1. The van der Waals surface area contributed by atoms with Crippen molar-refractivity contribution in [3.8, 4) is 11.8 Å². The Morgan fingerprint density at radius 2 is 2.09 bits per heavy atom. The minimum absolute atomic E-state index is 0.0694. The maximum atomic E-state index is 12.8. The second-order valence-electron chi connectivity index (χ2n) is 3.96. The molecule has 0 aliphatic rings. The maximum Gasteiger partial charge on any atom is 0.433 e. The quantitative estimate of drug-likeness (QED) is 0.801. The summed E-state index contributed by atoms with van der Waals surface area (Å²) in [7, 11) is 1.30. The van der Waals surface area contributed by atoms with E-state index < -0.39 is 17.8 Å². The number of ether oxygens (including phenoxy) is 2. The summed E-state index contributed by atoms with van der Waals surface area (Å²) in [5.41, 5.74) is -1.33. The van der Waals surface area contributed by atoms with E-state index in [-0.39, 0.29) is 24.0 Å². The fourth-order valence-corrected chi connectivity index (χ4v) is 1.59. The molecule has 0 saturated heterocycles. The zero-order valence-electron chi connectivity index (χ0n) is 11.6. The number of rotatable bonds is 4. The zero-order chi connectivity index (χ0) is 16.3. The van der Waals surface area contributed by atoms with Gasteiger partial charge in [0.15, 0.2) is 5.82 Å². The molecular weight excluding hydrogens is 305 g/mol. The van der Waals surface area contributed by atoms with Crippen molar-refractivity contribution in [1.29, 1.82) is 0 Å². The van der Waals surface area contributed by atoms with Gasteiger partial charge < -0.3 is 9.47 Å². The molecule has 22 heavy (non-hydrogen) atoms. The third-order valence-electron chi connectivity index (χ3n) is 2.53. The second kappa shape index (κ2) is 6.00. The summed E-state index contributed by atoms with van der Waals surface area (Å²) >= 11 is 0. The van der Waals surface area contributed by atoms with E-state index in [4.69, 9.17) is 9.47 Å². The molecule has 0 atom stereocenters. The Hall–Kier alpha value is -2.65. The summed E-state index contributed by atoms with van der Waals surface area (Å²) in [6.45, 7) is 1.65. The topological polar surface area (TPSA) is 79.1 Å². The molecule has 2 rings (SSSR count). The number of hydrogen-bond donors (Lipinski definition) is 0. The van der Waals surface area contributed by atoms with Crippen molar-refractivity contribution in [1.82, 2.24) is 19.7 Å². The Kier molecular flexibility index (Phi) is 4.29. The average molecular weight is 316 g/mol. The first kappa shape index (κ1) is 15.7. The van der Waals surface area contributed by atoms with Gasteiger partial charge >= 0.3 is 18.2 Å². The lowest BCUT2D eigenvalue weighted by atomic mass is 10.2. The number of carbonyl (C=O) groups excluding carboxylic acids is 1. The average Bonchev–Trinajstić information content (AvgIpc) is 2.94. The highest BCUT2D eigenvalue weighted by Crippen LogP contribution is 2.29. The molecule has 2 aromatic rings. The van der Waals surface area contributed by atoms with Crippen LogP contribution in [0.2, 0.25) is 0 Å². The van der Waals surface area contributed by atoms with Crippen LogP contribution in [0.3, 0.4) is 0 Å². The molecule has 0 saturated carbocycles. The van der Waals surface area contributed by atoms with Gasteiger partial charge in [0, 0.05) is 0 Å². The van der Waals surface area contributed by atoms with Crippen LogP contribution in [0.4, 0.5) is 13.2 Å². The lowest BCUT2D eigenvalue weighted by Gasteiger charge is -2.11. The molecule has 0 spiro atoms. The molecule has 118 valence electrons. The number of methoxy groups -OCH3 is 1. The smallest absolute Gasteiger partial charge is 0.433 e. The predicted octanol–water partition coefficient (Wildman–Crippen LogP) is 1.87. The van der Waals surface area contributed by atoms with E-state index >= 15 is 0 Å². The molecule has 0 amide bonds. The lowest BCUT2D eigenvalue weighted by molar-refractivity contribution is -0.141. The number of hydrogen-bond acceptors (Lipinski definition) is 6. The molecule has 2 heterocycles. The highest BCUT2D eigenvalue weighted by molar-refractivity contribution is 5.92. The minimum atomic E-state index is -4.66. The van der Waals surface area contributed by atoms with Crippen LogP contribution in [0.25, 0.3) is 5.82 Å². The number of pyridine rings is 1. The Bertz CT molecular complexity index is 684. The molecule has 0 fully saturated rings. The number of carbonyl (C=O) groups is 1. The standard InChI is InChI=1S/C12H11F3N4O3/c1-3-22-10(20)7-4-5-8(12(13,14)15)17-9(7)19-6-16-11(18-19)21-2/h4-6H,3H2,1-2H3. The molecule has 2 aromatic heterocycles. The normalized spacial score (nSPS) is 11.3. The first-order valence-electron chi connectivity index (χ1n) is 6.08.